The molecule has 0 aliphatic carbocycles. The summed E-state index contributed by atoms with van der Waals surface area (Å²) in [5.41, 5.74) is 0.390. The Morgan fingerprint density at radius 2 is 1.80 bits per heavy atom. The van der Waals surface area contributed by atoms with Crippen LogP contribution in [0.15, 0.2) is 51.7 Å². The van der Waals surface area contributed by atoms with Gasteiger partial charge in [-0.2, -0.15) is 0 Å². The summed E-state index contributed by atoms with van der Waals surface area (Å²) in [7, 11) is 3.02. The molecule has 0 fully saturated rings. The van der Waals surface area contributed by atoms with Gasteiger partial charge in [0, 0.05) is 6.92 Å². The number of fused-ring (bicyclic) bond motifs is 1. The minimum Gasteiger partial charge on any atom is -0.497 e. The fourth-order valence-corrected chi connectivity index (χ4v) is 2.53. The van der Waals surface area contributed by atoms with Crippen LogP contribution >= 0.6 is 0 Å². The van der Waals surface area contributed by atoms with Gasteiger partial charge in [-0.05, 0) is 30.3 Å². The standard InChI is InChI=1S/C19H16O6/c1-11(20)24-19-17(21)13-6-4-5-7-16(13)25-18(19)14-10-12(22-2)8-9-15(14)23-3/h4-10H,1-3H3. The molecule has 0 saturated carbocycles. The fourth-order valence-electron chi connectivity index (χ4n) is 2.53. The average Bonchev–Trinajstić information content (AvgIpc) is 2.63. The van der Waals surface area contributed by atoms with Gasteiger partial charge in [-0.3, -0.25) is 9.59 Å². The van der Waals surface area contributed by atoms with Gasteiger partial charge in [-0.25, -0.2) is 0 Å². The summed E-state index contributed by atoms with van der Waals surface area (Å²) in [5.74, 6) is 0.297. The van der Waals surface area contributed by atoms with Gasteiger partial charge in [0.2, 0.25) is 11.2 Å². The van der Waals surface area contributed by atoms with Gasteiger partial charge in [-0.1, -0.05) is 12.1 Å². The Bertz CT molecular complexity index is 1000. The van der Waals surface area contributed by atoms with Gasteiger partial charge in [0.05, 0.1) is 25.2 Å². The lowest BCUT2D eigenvalue weighted by Crippen LogP contribution is -2.13. The van der Waals surface area contributed by atoms with Crippen molar-refractivity contribution in [1.82, 2.24) is 0 Å². The molecule has 3 rings (SSSR count). The molecule has 0 saturated heterocycles. The van der Waals surface area contributed by atoms with E-state index in [2.05, 4.69) is 0 Å². The van der Waals surface area contributed by atoms with Crippen LogP contribution in [0.5, 0.6) is 17.2 Å². The maximum atomic E-state index is 12.8. The number of ether oxygens (including phenoxy) is 3. The molecule has 1 heterocycles. The van der Waals surface area contributed by atoms with Crippen LogP contribution in [-0.2, 0) is 4.79 Å². The van der Waals surface area contributed by atoms with E-state index >= 15 is 0 Å². The second-order valence-electron chi connectivity index (χ2n) is 5.25. The van der Waals surface area contributed by atoms with Crippen LogP contribution in [0, 0.1) is 0 Å². The highest BCUT2D eigenvalue weighted by Crippen LogP contribution is 2.38. The van der Waals surface area contributed by atoms with Crippen molar-refractivity contribution in [1.29, 1.82) is 0 Å². The predicted octanol–water partition coefficient (Wildman–Crippen LogP) is 3.40. The van der Waals surface area contributed by atoms with Crippen molar-refractivity contribution in [2.45, 2.75) is 6.92 Å². The molecule has 0 spiro atoms. The summed E-state index contributed by atoms with van der Waals surface area (Å²) in [4.78, 5) is 24.3. The van der Waals surface area contributed by atoms with Crippen molar-refractivity contribution in [3.63, 3.8) is 0 Å². The molecule has 3 aromatic rings. The van der Waals surface area contributed by atoms with E-state index in [4.69, 9.17) is 18.6 Å². The van der Waals surface area contributed by atoms with Crippen molar-refractivity contribution in [2.24, 2.45) is 0 Å². The summed E-state index contributed by atoms with van der Waals surface area (Å²) in [6.45, 7) is 1.22. The van der Waals surface area contributed by atoms with E-state index in [0.29, 0.717) is 28.0 Å². The predicted molar refractivity (Wildman–Crippen MR) is 92.3 cm³/mol. The van der Waals surface area contributed by atoms with E-state index in [9.17, 15) is 9.59 Å². The van der Waals surface area contributed by atoms with Gasteiger partial charge < -0.3 is 18.6 Å². The Hall–Kier alpha value is -3.28. The molecule has 0 atom stereocenters. The zero-order chi connectivity index (χ0) is 18.0. The molecule has 0 aliphatic rings. The van der Waals surface area contributed by atoms with E-state index in [-0.39, 0.29) is 11.5 Å². The van der Waals surface area contributed by atoms with E-state index in [1.165, 1.54) is 21.1 Å². The van der Waals surface area contributed by atoms with E-state index < -0.39 is 11.4 Å². The molecule has 0 N–H and O–H groups in total. The highest BCUT2D eigenvalue weighted by molar-refractivity contribution is 5.85. The Morgan fingerprint density at radius 1 is 1.04 bits per heavy atom. The Labute approximate surface area is 143 Å². The minimum atomic E-state index is -0.620. The molecular formula is C19H16O6. The first-order chi connectivity index (χ1) is 12.0. The molecule has 6 heteroatoms. The van der Waals surface area contributed by atoms with Crippen LogP contribution in [-0.4, -0.2) is 20.2 Å². The lowest BCUT2D eigenvalue weighted by atomic mass is 10.1. The third-order valence-electron chi connectivity index (χ3n) is 3.65. The van der Waals surface area contributed by atoms with Crippen LogP contribution in [0.3, 0.4) is 0 Å². The third kappa shape index (κ3) is 3.06. The van der Waals surface area contributed by atoms with Crippen molar-refractivity contribution >= 4 is 16.9 Å². The van der Waals surface area contributed by atoms with Crippen LogP contribution in [0.25, 0.3) is 22.3 Å². The molecule has 0 bridgehead atoms. The molecule has 1 aromatic heterocycles. The number of hydrogen-bond acceptors (Lipinski definition) is 6. The van der Waals surface area contributed by atoms with E-state index in [1.807, 2.05) is 0 Å². The zero-order valence-electron chi connectivity index (χ0n) is 14.0. The van der Waals surface area contributed by atoms with Crippen LogP contribution < -0.4 is 19.6 Å². The topological polar surface area (TPSA) is 75.0 Å². The van der Waals surface area contributed by atoms with Crippen LogP contribution in [0.2, 0.25) is 0 Å². The smallest absolute Gasteiger partial charge is 0.308 e. The monoisotopic (exact) mass is 340 g/mol. The average molecular weight is 340 g/mol. The quantitative estimate of drug-likeness (QED) is 0.678. The molecule has 25 heavy (non-hydrogen) atoms. The number of methoxy groups -OCH3 is 2. The van der Waals surface area contributed by atoms with Gasteiger partial charge in [0.25, 0.3) is 0 Å². The first-order valence-electron chi connectivity index (χ1n) is 7.51. The highest BCUT2D eigenvalue weighted by atomic mass is 16.5. The maximum absolute atomic E-state index is 12.8. The first-order valence-corrected chi connectivity index (χ1v) is 7.51. The Kier molecular flexibility index (Phi) is 4.43. The number of para-hydroxylation sites is 1. The summed E-state index contributed by atoms with van der Waals surface area (Å²) in [6.07, 6.45) is 0. The van der Waals surface area contributed by atoms with Crippen LogP contribution in [0.4, 0.5) is 0 Å². The lowest BCUT2D eigenvalue weighted by molar-refractivity contribution is -0.132. The first kappa shape index (κ1) is 16.6. The van der Waals surface area contributed by atoms with Crippen molar-refractivity contribution in [2.75, 3.05) is 14.2 Å². The molecular weight excluding hydrogens is 324 g/mol. The second-order valence-corrected chi connectivity index (χ2v) is 5.25. The Morgan fingerprint density at radius 3 is 2.48 bits per heavy atom. The molecule has 0 unspecified atom stereocenters. The van der Waals surface area contributed by atoms with Crippen molar-refractivity contribution in [3.05, 3.63) is 52.7 Å². The summed E-state index contributed by atoms with van der Waals surface area (Å²) in [6, 6.07) is 11.8. The fraction of sp³-hybridized carbons (Fsp3) is 0.158. The van der Waals surface area contributed by atoms with Gasteiger partial charge >= 0.3 is 5.97 Å². The maximum Gasteiger partial charge on any atom is 0.308 e. The second kappa shape index (κ2) is 6.68. The largest absolute Gasteiger partial charge is 0.497 e. The van der Waals surface area contributed by atoms with Gasteiger partial charge in [0.1, 0.15) is 17.1 Å². The van der Waals surface area contributed by atoms with E-state index in [0.717, 1.165) is 0 Å². The third-order valence-corrected chi connectivity index (χ3v) is 3.65. The zero-order valence-corrected chi connectivity index (χ0v) is 14.0. The van der Waals surface area contributed by atoms with Crippen molar-refractivity contribution in [3.8, 4) is 28.6 Å². The van der Waals surface area contributed by atoms with Crippen molar-refractivity contribution < 1.29 is 23.4 Å². The number of carbonyl (C=O) groups is 1. The molecule has 0 aliphatic heterocycles. The van der Waals surface area contributed by atoms with Gasteiger partial charge in [0.15, 0.2) is 5.76 Å². The Balaban J connectivity index is 2.38. The molecule has 0 amide bonds. The van der Waals surface area contributed by atoms with Crippen LogP contribution in [0.1, 0.15) is 6.92 Å². The van der Waals surface area contributed by atoms with E-state index in [1.54, 1.807) is 42.5 Å². The summed E-state index contributed by atoms with van der Waals surface area (Å²) in [5, 5.41) is 0.323. The number of rotatable bonds is 4. The minimum absolute atomic E-state index is 0.106. The number of esters is 1. The molecule has 6 nitrogen and oxygen atoms in total. The normalized spacial score (nSPS) is 10.5. The molecule has 128 valence electrons. The molecule has 2 aromatic carbocycles. The lowest BCUT2D eigenvalue weighted by Gasteiger charge is -2.13. The number of hydrogen-bond donors (Lipinski definition) is 0. The van der Waals surface area contributed by atoms with Gasteiger partial charge in [-0.15, -0.1) is 0 Å². The summed E-state index contributed by atoms with van der Waals surface area (Å²) >= 11 is 0. The highest BCUT2D eigenvalue weighted by Gasteiger charge is 2.22. The summed E-state index contributed by atoms with van der Waals surface area (Å²) < 4.78 is 21.6. The SMILES string of the molecule is COc1ccc(OC)c(-c2oc3ccccc3c(=O)c2OC(C)=O)c1. The number of carbonyl (C=O) groups excluding carboxylic acids is 1. The molecule has 0 radical (unpaired) electrons. The number of benzene rings is 2.